The molecule has 0 aromatic carbocycles. The SMILES string of the molecule is O=C(Nc1ccnc(C(=O)N2CCCC2)c1)N1C[C@@H]2C3C=CC(C3)[C@@H]2C1. The second-order valence-corrected chi connectivity index (χ2v) is 8.04. The number of aromatic nitrogens is 1. The summed E-state index contributed by atoms with van der Waals surface area (Å²) in [7, 11) is 0. The number of likely N-dealkylation sites (tertiary alicyclic amines) is 2. The molecular weight excluding hydrogens is 328 g/mol. The average Bonchev–Trinajstić information content (AvgIpc) is 3.43. The van der Waals surface area contributed by atoms with Crippen molar-refractivity contribution in [3.63, 3.8) is 0 Å². The van der Waals surface area contributed by atoms with Crippen molar-refractivity contribution in [2.45, 2.75) is 19.3 Å². The van der Waals surface area contributed by atoms with Crippen LogP contribution >= 0.6 is 0 Å². The summed E-state index contributed by atoms with van der Waals surface area (Å²) in [5.74, 6) is 2.53. The number of anilines is 1. The van der Waals surface area contributed by atoms with Gasteiger partial charge in [0, 0.05) is 38.1 Å². The smallest absolute Gasteiger partial charge is 0.321 e. The Hall–Kier alpha value is -2.37. The number of nitrogens with zero attached hydrogens (tertiary/aromatic N) is 3. The zero-order chi connectivity index (χ0) is 17.7. The average molecular weight is 352 g/mol. The summed E-state index contributed by atoms with van der Waals surface area (Å²) in [6, 6.07) is 3.38. The van der Waals surface area contributed by atoms with E-state index in [0.717, 1.165) is 39.0 Å². The molecule has 0 spiro atoms. The summed E-state index contributed by atoms with van der Waals surface area (Å²) in [4.78, 5) is 33.1. The summed E-state index contributed by atoms with van der Waals surface area (Å²) < 4.78 is 0. The molecular formula is C20H24N4O2. The number of allylic oxidation sites excluding steroid dienone is 2. The molecule has 2 unspecified atom stereocenters. The van der Waals surface area contributed by atoms with Crippen molar-refractivity contribution >= 4 is 17.6 Å². The molecule has 4 aliphatic rings. The lowest BCUT2D eigenvalue weighted by atomic mass is 9.86. The van der Waals surface area contributed by atoms with Crippen LogP contribution in [0, 0.1) is 23.7 Å². The molecule has 6 heteroatoms. The molecule has 3 amide bonds. The van der Waals surface area contributed by atoms with Gasteiger partial charge in [-0.15, -0.1) is 0 Å². The molecule has 2 aliphatic carbocycles. The number of amides is 3. The van der Waals surface area contributed by atoms with Crippen LogP contribution in [0.1, 0.15) is 29.8 Å². The third-order valence-corrected chi connectivity index (χ3v) is 6.57. The minimum absolute atomic E-state index is 0.0445. The fraction of sp³-hybridized carbons (Fsp3) is 0.550. The van der Waals surface area contributed by atoms with Crippen LogP contribution in [0.2, 0.25) is 0 Å². The Bertz CT molecular complexity index is 751. The summed E-state index contributed by atoms with van der Waals surface area (Å²) in [6.07, 6.45) is 9.66. The Morgan fingerprint density at radius 1 is 1.04 bits per heavy atom. The molecule has 4 atom stereocenters. The number of pyridine rings is 1. The van der Waals surface area contributed by atoms with Crippen LogP contribution < -0.4 is 5.32 Å². The van der Waals surface area contributed by atoms with Gasteiger partial charge in [-0.05, 0) is 55.1 Å². The molecule has 1 aromatic rings. The predicted octanol–water partition coefficient (Wildman–Crippen LogP) is 2.60. The molecule has 0 radical (unpaired) electrons. The van der Waals surface area contributed by atoms with Gasteiger partial charge in [-0.25, -0.2) is 4.79 Å². The van der Waals surface area contributed by atoms with Crippen molar-refractivity contribution in [2.24, 2.45) is 23.7 Å². The number of urea groups is 1. The fourth-order valence-electron chi connectivity index (χ4n) is 5.23. The quantitative estimate of drug-likeness (QED) is 0.832. The highest BCUT2D eigenvalue weighted by Crippen LogP contribution is 2.51. The number of rotatable bonds is 2. The standard InChI is InChI=1S/C20H24N4O2/c25-19(23-7-1-2-8-23)18-10-15(5-6-21-18)22-20(26)24-11-16-13-3-4-14(9-13)17(16)12-24/h3-6,10,13-14,16-17H,1-2,7-9,11-12H2,(H,21,22,26)/t13?,14?,16-,17+. The molecule has 1 saturated carbocycles. The highest BCUT2D eigenvalue weighted by molar-refractivity contribution is 5.95. The minimum atomic E-state index is -0.0652. The largest absolute Gasteiger partial charge is 0.337 e. The highest BCUT2D eigenvalue weighted by Gasteiger charge is 2.50. The van der Waals surface area contributed by atoms with Crippen LogP contribution in [0.4, 0.5) is 10.5 Å². The lowest BCUT2D eigenvalue weighted by Gasteiger charge is -2.20. The number of hydrogen-bond acceptors (Lipinski definition) is 3. The van der Waals surface area contributed by atoms with E-state index in [0.29, 0.717) is 35.1 Å². The topological polar surface area (TPSA) is 65.5 Å². The van der Waals surface area contributed by atoms with Crippen molar-refractivity contribution in [1.82, 2.24) is 14.8 Å². The Morgan fingerprint density at radius 3 is 2.42 bits per heavy atom. The minimum Gasteiger partial charge on any atom is -0.337 e. The molecule has 2 saturated heterocycles. The molecule has 136 valence electrons. The van der Waals surface area contributed by atoms with Gasteiger partial charge in [0.1, 0.15) is 5.69 Å². The predicted molar refractivity (Wildman–Crippen MR) is 97.7 cm³/mol. The number of carbonyl (C=O) groups is 2. The van der Waals surface area contributed by atoms with Crippen LogP contribution in [0.3, 0.4) is 0 Å². The third kappa shape index (κ3) is 2.59. The highest BCUT2D eigenvalue weighted by atomic mass is 16.2. The molecule has 3 fully saturated rings. The Kier molecular flexibility index (Phi) is 3.72. The molecule has 5 rings (SSSR count). The maximum Gasteiger partial charge on any atom is 0.321 e. The van der Waals surface area contributed by atoms with Crippen molar-refractivity contribution in [2.75, 3.05) is 31.5 Å². The van der Waals surface area contributed by atoms with E-state index >= 15 is 0 Å². The van der Waals surface area contributed by atoms with Gasteiger partial charge in [0.05, 0.1) is 0 Å². The van der Waals surface area contributed by atoms with E-state index in [1.165, 1.54) is 6.42 Å². The number of nitrogens with one attached hydrogen (secondary N) is 1. The van der Waals surface area contributed by atoms with Gasteiger partial charge in [-0.3, -0.25) is 9.78 Å². The van der Waals surface area contributed by atoms with Gasteiger partial charge in [0.2, 0.25) is 0 Å². The zero-order valence-electron chi connectivity index (χ0n) is 14.8. The molecule has 2 aliphatic heterocycles. The van der Waals surface area contributed by atoms with E-state index < -0.39 is 0 Å². The van der Waals surface area contributed by atoms with Crippen molar-refractivity contribution in [3.05, 3.63) is 36.2 Å². The van der Waals surface area contributed by atoms with E-state index in [-0.39, 0.29) is 11.9 Å². The lowest BCUT2D eigenvalue weighted by molar-refractivity contribution is 0.0787. The lowest BCUT2D eigenvalue weighted by Crippen LogP contribution is -2.34. The van der Waals surface area contributed by atoms with E-state index in [2.05, 4.69) is 22.5 Å². The van der Waals surface area contributed by atoms with E-state index in [1.54, 1.807) is 18.3 Å². The van der Waals surface area contributed by atoms with Gasteiger partial charge in [0.25, 0.3) is 5.91 Å². The van der Waals surface area contributed by atoms with Crippen LogP contribution in [0.15, 0.2) is 30.5 Å². The first-order valence-electron chi connectivity index (χ1n) is 9.68. The maximum atomic E-state index is 12.7. The van der Waals surface area contributed by atoms with Crippen LogP contribution in [0.25, 0.3) is 0 Å². The molecule has 26 heavy (non-hydrogen) atoms. The van der Waals surface area contributed by atoms with E-state index in [9.17, 15) is 9.59 Å². The number of fused-ring (bicyclic) bond motifs is 5. The second kappa shape index (κ2) is 6.11. The number of carbonyl (C=O) groups excluding carboxylic acids is 2. The van der Waals surface area contributed by atoms with Gasteiger partial charge >= 0.3 is 6.03 Å². The first-order chi connectivity index (χ1) is 12.7. The molecule has 3 heterocycles. The van der Waals surface area contributed by atoms with Crippen molar-refractivity contribution in [3.8, 4) is 0 Å². The summed E-state index contributed by atoms with van der Waals surface area (Å²) in [5, 5.41) is 2.96. The fourth-order valence-corrected chi connectivity index (χ4v) is 5.23. The summed E-state index contributed by atoms with van der Waals surface area (Å²) in [5.41, 5.74) is 1.05. The van der Waals surface area contributed by atoms with Crippen LogP contribution in [-0.4, -0.2) is 52.9 Å². The summed E-state index contributed by atoms with van der Waals surface area (Å²) in [6.45, 7) is 3.27. The van der Waals surface area contributed by atoms with Gasteiger partial charge in [-0.2, -0.15) is 0 Å². The maximum absolute atomic E-state index is 12.7. The van der Waals surface area contributed by atoms with E-state index in [4.69, 9.17) is 0 Å². The second-order valence-electron chi connectivity index (χ2n) is 8.04. The third-order valence-electron chi connectivity index (χ3n) is 6.57. The molecule has 6 nitrogen and oxygen atoms in total. The monoisotopic (exact) mass is 352 g/mol. The Labute approximate surface area is 153 Å². The van der Waals surface area contributed by atoms with Gasteiger partial charge in [-0.1, -0.05) is 12.2 Å². The normalized spacial score (nSPS) is 31.5. The Balaban J connectivity index is 1.25. The first-order valence-corrected chi connectivity index (χ1v) is 9.68. The molecule has 2 bridgehead atoms. The summed E-state index contributed by atoms with van der Waals surface area (Å²) >= 11 is 0. The van der Waals surface area contributed by atoms with Gasteiger partial charge in [0.15, 0.2) is 0 Å². The van der Waals surface area contributed by atoms with Crippen LogP contribution in [-0.2, 0) is 0 Å². The first kappa shape index (κ1) is 15.9. The van der Waals surface area contributed by atoms with Crippen LogP contribution in [0.5, 0.6) is 0 Å². The molecule has 1 N–H and O–H groups in total. The van der Waals surface area contributed by atoms with Gasteiger partial charge < -0.3 is 15.1 Å². The zero-order valence-corrected chi connectivity index (χ0v) is 14.8. The Morgan fingerprint density at radius 2 is 1.73 bits per heavy atom. The van der Waals surface area contributed by atoms with Crippen molar-refractivity contribution < 1.29 is 9.59 Å². The molecule has 1 aromatic heterocycles. The van der Waals surface area contributed by atoms with E-state index in [1.807, 2.05) is 9.80 Å². The number of hydrogen-bond donors (Lipinski definition) is 1. The van der Waals surface area contributed by atoms with Crippen molar-refractivity contribution in [1.29, 1.82) is 0 Å².